The number of aliphatic hydroxyl groups is 1. The standard InChI is InChI=1S/C19H15N3O3S2/c1-25-18(24)16(17-20-11-6-2-3-7-12(11)21-17)14(23)10-26-19-22-13-8-4-5-9-15(13)27-19/h2-9,23H,10H2,1H3,(H,20,21)/b16-14-. The summed E-state index contributed by atoms with van der Waals surface area (Å²) in [6, 6.07) is 15.3. The molecule has 0 spiro atoms. The minimum absolute atomic E-state index is 0.0299. The molecule has 2 aromatic heterocycles. The van der Waals surface area contributed by atoms with Crippen LogP contribution in [-0.4, -0.2) is 38.9 Å². The Kier molecular flexibility index (Phi) is 4.83. The summed E-state index contributed by atoms with van der Waals surface area (Å²) in [5.74, 6) is -0.284. The van der Waals surface area contributed by atoms with Gasteiger partial charge in [-0.3, -0.25) is 0 Å². The van der Waals surface area contributed by atoms with Crippen molar-refractivity contribution in [1.29, 1.82) is 0 Å². The summed E-state index contributed by atoms with van der Waals surface area (Å²) in [6.45, 7) is 0. The van der Waals surface area contributed by atoms with E-state index in [9.17, 15) is 9.90 Å². The zero-order chi connectivity index (χ0) is 18.8. The lowest BCUT2D eigenvalue weighted by atomic mass is 10.2. The molecule has 4 rings (SSSR count). The average molecular weight is 397 g/mol. The number of para-hydroxylation sites is 3. The van der Waals surface area contributed by atoms with E-state index in [2.05, 4.69) is 15.0 Å². The number of H-pyrrole nitrogens is 1. The number of rotatable bonds is 5. The highest BCUT2D eigenvalue weighted by molar-refractivity contribution is 8.01. The lowest BCUT2D eigenvalue weighted by Crippen LogP contribution is -2.09. The highest BCUT2D eigenvalue weighted by atomic mass is 32.2. The molecule has 0 unspecified atom stereocenters. The van der Waals surface area contributed by atoms with Gasteiger partial charge in [-0.15, -0.1) is 11.3 Å². The average Bonchev–Trinajstić information content (AvgIpc) is 3.29. The van der Waals surface area contributed by atoms with Gasteiger partial charge in [0, 0.05) is 0 Å². The fraction of sp³-hybridized carbons (Fsp3) is 0.105. The Hall–Kier alpha value is -2.84. The van der Waals surface area contributed by atoms with Crippen LogP contribution in [0.3, 0.4) is 0 Å². The molecule has 2 aromatic carbocycles. The van der Waals surface area contributed by atoms with Crippen LogP contribution in [0.2, 0.25) is 0 Å². The molecular weight excluding hydrogens is 382 g/mol. The van der Waals surface area contributed by atoms with E-state index in [-0.39, 0.29) is 22.9 Å². The largest absolute Gasteiger partial charge is 0.510 e. The van der Waals surface area contributed by atoms with Crippen molar-refractivity contribution in [1.82, 2.24) is 15.0 Å². The molecule has 0 atom stereocenters. The van der Waals surface area contributed by atoms with Gasteiger partial charge in [0.2, 0.25) is 0 Å². The van der Waals surface area contributed by atoms with Crippen molar-refractivity contribution < 1.29 is 14.6 Å². The normalized spacial score (nSPS) is 12.3. The summed E-state index contributed by atoms with van der Waals surface area (Å²) in [5, 5.41) is 10.6. The lowest BCUT2D eigenvalue weighted by Gasteiger charge is -2.06. The maximum atomic E-state index is 12.3. The first kappa shape index (κ1) is 17.6. The highest BCUT2D eigenvalue weighted by Gasteiger charge is 2.22. The third-order valence-electron chi connectivity index (χ3n) is 3.91. The number of methoxy groups -OCH3 is 1. The predicted molar refractivity (Wildman–Crippen MR) is 108 cm³/mol. The molecule has 0 aliphatic carbocycles. The highest BCUT2D eigenvalue weighted by Crippen LogP contribution is 2.31. The Morgan fingerprint density at radius 2 is 1.89 bits per heavy atom. The maximum Gasteiger partial charge on any atom is 0.345 e. The molecule has 0 amide bonds. The third-order valence-corrected chi connectivity index (χ3v) is 6.10. The Balaban J connectivity index is 1.65. The van der Waals surface area contributed by atoms with Crippen LogP contribution in [-0.2, 0) is 9.53 Å². The molecule has 0 aliphatic heterocycles. The van der Waals surface area contributed by atoms with Crippen molar-refractivity contribution in [3.63, 3.8) is 0 Å². The van der Waals surface area contributed by atoms with E-state index in [0.717, 1.165) is 20.1 Å². The molecule has 4 aromatic rings. The first-order valence-corrected chi connectivity index (χ1v) is 9.90. The van der Waals surface area contributed by atoms with E-state index in [0.29, 0.717) is 5.52 Å². The van der Waals surface area contributed by atoms with Gasteiger partial charge in [-0.1, -0.05) is 36.0 Å². The molecule has 0 saturated heterocycles. The van der Waals surface area contributed by atoms with E-state index in [1.807, 2.05) is 48.5 Å². The molecule has 0 radical (unpaired) electrons. The van der Waals surface area contributed by atoms with Crippen LogP contribution in [0.1, 0.15) is 5.82 Å². The van der Waals surface area contributed by atoms with Crippen molar-refractivity contribution in [3.8, 4) is 0 Å². The molecule has 0 fully saturated rings. The van der Waals surface area contributed by atoms with Gasteiger partial charge in [0.25, 0.3) is 0 Å². The van der Waals surface area contributed by atoms with Gasteiger partial charge in [0.15, 0.2) is 4.34 Å². The van der Waals surface area contributed by atoms with Gasteiger partial charge in [0.1, 0.15) is 17.2 Å². The van der Waals surface area contributed by atoms with Crippen LogP contribution >= 0.6 is 23.1 Å². The molecule has 0 aliphatic rings. The predicted octanol–water partition coefficient (Wildman–Crippen LogP) is 4.41. The number of hydrogen-bond donors (Lipinski definition) is 2. The number of nitrogens with one attached hydrogen (secondary N) is 1. The van der Waals surface area contributed by atoms with Crippen LogP contribution in [0.5, 0.6) is 0 Å². The number of aromatic nitrogens is 3. The summed E-state index contributed by atoms with van der Waals surface area (Å²) in [4.78, 5) is 24.2. The van der Waals surface area contributed by atoms with Crippen molar-refractivity contribution in [2.45, 2.75) is 4.34 Å². The van der Waals surface area contributed by atoms with Gasteiger partial charge >= 0.3 is 5.97 Å². The Bertz CT molecular complexity index is 1100. The topological polar surface area (TPSA) is 88.1 Å². The van der Waals surface area contributed by atoms with Gasteiger partial charge in [0.05, 0.1) is 34.1 Å². The van der Waals surface area contributed by atoms with Crippen LogP contribution in [0.25, 0.3) is 26.8 Å². The number of benzene rings is 2. The van der Waals surface area contributed by atoms with Gasteiger partial charge in [-0.2, -0.15) is 0 Å². The summed E-state index contributed by atoms with van der Waals surface area (Å²) < 4.78 is 6.74. The number of thioether (sulfide) groups is 1. The molecule has 8 heteroatoms. The maximum absolute atomic E-state index is 12.3. The summed E-state index contributed by atoms with van der Waals surface area (Å²) >= 11 is 2.91. The van der Waals surface area contributed by atoms with E-state index in [4.69, 9.17) is 4.74 Å². The number of ether oxygens (including phenoxy) is 1. The van der Waals surface area contributed by atoms with E-state index in [1.54, 1.807) is 11.3 Å². The van der Waals surface area contributed by atoms with Crippen LogP contribution < -0.4 is 0 Å². The lowest BCUT2D eigenvalue weighted by molar-refractivity contribution is -0.133. The Morgan fingerprint density at radius 1 is 1.15 bits per heavy atom. The second kappa shape index (κ2) is 7.42. The first-order valence-electron chi connectivity index (χ1n) is 8.09. The minimum atomic E-state index is -0.642. The van der Waals surface area contributed by atoms with E-state index >= 15 is 0 Å². The van der Waals surface area contributed by atoms with Crippen LogP contribution in [0.15, 0.2) is 58.6 Å². The Labute approximate surface area is 162 Å². The van der Waals surface area contributed by atoms with Gasteiger partial charge in [-0.05, 0) is 24.3 Å². The molecule has 2 N–H and O–H groups in total. The summed E-state index contributed by atoms with van der Waals surface area (Å²) in [7, 11) is 1.28. The van der Waals surface area contributed by atoms with Crippen molar-refractivity contribution in [2.75, 3.05) is 12.9 Å². The van der Waals surface area contributed by atoms with Crippen molar-refractivity contribution >= 4 is 55.9 Å². The van der Waals surface area contributed by atoms with Gasteiger partial charge in [-0.25, -0.2) is 14.8 Å². The molecule has 2 heterocycles. The number of hydrogen-bond acceptors (Lipinski definition) is 7. The first-order chi connectivity index (χ1) is 13.2. The SMILES string of the molecule is COC(=O)/C(=C(\O)CSc1nc2ccccc2s1)c1nc2ccccc2[nH]1. The third kappa shape index (κ3) is 3.54. The number of esters is 1. The van der Waals surface area contributed by atoms with E-state index < -0.39 is 5.97 Å². The summed E-state index contributed by atoms with van der Waals surface area (Å²) in [6.07, 6.45) is 0. The molecule has 0 bridgehead atoms. The van der Waals surface area contributed by atoms with Crippen LogP contribution in [0, 0.1) is 0 Å². The minimum Gasteiger partial charge on any atom is -0.510 e. The fourth-order valence-corrected chi connectivity index (χ4v) is 4.59. The smallest absolute Gasteiger partial charge is 0.345 e. The second-order valence-electron chi connectivity index (χ2n) is 5.65. The second-order valence-corrected chi connectivity index (χ2v) is 7.91. The zero-order valence-corrected chi connectivity index (χ0v) is 15.9. The van der Waals surface area contributed by atoms with Crippen molar-refractivity contribution in [2.24, 2.45) is 0 Å². The fourth-order valence-electron chi connectivity index (χ4n) is 2.64. The Morgan fingerprint density at radius 3 is 2.63 bits per heavy atom. The molecular formula is C19H15N3O3S2. The monoisotopic (exact) mass is 397 g/mol. The quantitative estimate of drug-likeness (QED) is 0.224. The zero-order valence-electron chi connectivity index (χ0n) is 14.3. The number of imidazole rings is 1. The van der Waals surface area contributed by atoms with Crippen LogP contribution in [0.4, 0.5) is 0 Å². The molecule has 6 nitrogen and oxygen atoms in total. The molecule has 27 heavy (non-hydrogen) atoms. The molecule has 0 saturated carbocycles. The number of aliphatic hydroxyl groups excluding tert-OH is 1. The number of thiazole rings is 1. The number of carbonyl (C=O) groups excluding carboxylic acids is 1. The number of nitrogens with zero attached hydrogens (tertiary/aromatic N) is 2. The van der Waals surface area contributed by atoms with Crippen molar-refractivity contribution in [3.05, 3.63) is 60.1 Å². The number of fused-ring (bicyclic) bond motifs is 2. The number of carbonyl (C=O) groups is 1. The number of aromatic amines is 1. The van der Waals surface area contributed by atoms with E-state index in [1.165, 1.54) is 18.9 Å². The van der Waals surface area contributed by atoms with Gasteiger partial charge < -0.3 is 14.8 Å². The summed E-state index contributed by atoms with van der Waals surface area (Å²) in [5.41, 5.74) is 2.43. The molecule has 136 valence electrons.